The zero-order valence-electron chi connectivity index (χ0n) is 14.2. The normalized spacial score (nSPS) is 21.3. The number of aromatic nitrogens is 2. The van der Waals surface area contributed by atoms with Gasteiger partial charge in [-0.25, -0.2) is 4.98 Å². The molecule has 0 aromatic carbocycles. The van der Waals surface area contributed by atoms with Crippen LogP contribution in [0.5, 0.6) is 5.88 Å². The maximum Gasteiger partial charge on any atom is 0.226 e. The second kappa shape index (κ2) is 5.82. The molecular formula is C17H29N3O. The van der Waals surface area contributed by atoms with E-state index in [0.717, 1.165) is 12.8 Å². The molecule has 4 heteroatoms. The maximum absolute atomic E-state index is 5.63. The van der Waals surface area contributed by atoms with Crippen LogP contribution < -0.4 is 10.1 Å². The Morgan fingerprint density at radius 2 is 1.81 bits per heavy atom. The molecule has 1 aliphatic carbocycles. The van der Waals surface area contributed by atoms with Gasteiger partial charge in [0.25, 0.3) is 0 Å². The Bertz CT molecular complexity index is 467. The minimum Gasteiger partial charge on any atom is -0.475 e. The van der Waals surface area contributed by atoms with Crippen molar-refractivity contribution >= 4 is 5.95 Å². The van der Waals surface area contributed by atoms with Crippen LogP contribution in [0.15, 0.2) is 12.3 Å². The number of hydrogen-bond donors (Lipinski definition) is 1. The van der Waals surface area contributed by atoms with Crippen LogP contribution in [0.3, 0.4) is 0 Å². The summed E-state index contributed by atoms with van der Waals surface area (Å²) in [6.45, 7) is 13.4. The van der Waals surface area contributed by atoms with Gasteiger partial charge in [-0.15, -0.1) is 0 Å². The largest absolute Gasteiger partial charge is 0.475 e. The van der Waals surface area contributed by atoms with Crippen molar-refractivity contribution in [3.05, 3.63) is 12.3 Å². The van der Waals surface area contributed by atoms with E-state index >= 15 is 0 Å². The van der Waals surface area contributed by atoms with Crippen LogP contribution in [0.2, 0.25) is 0 Å². The highest BCUT2D eigenvalue weighted by atomic mass is 16.5. The average molecular weight is 291 g/mol. The van der Waals surface area contributed by atoms with E-state index in [-0.39, 0.29) is 6.10 Å². The predicted molar refractivity (Wildman–Crippen MR) is 86.6 cm³/mol. The van der Waals surface area contributed by atoms with E-state index < -0.39 is 0 Å². The lowest BCUT2D eigenvalue weighted by Gasteiger charge is -2.45. The van der Waals surface area contributed by atoms with Crippen molar-refractivity contribution < 1.29 is 4.74 Å². The summed E-state index contributed by atoms with van der Waals surface area (Å²) in [5.74, 6) is 1.31. The van der Waals surface area contributed by atoms with Crippen molar-refractivity contribution in [2.24, 2.45) is 10.8 Å². The molecule has 1 aliphatic rings. The fourth-order valence-corrected chi connectivity index (χ4v) is 3.85. The van der Waals surface area contributed by atoms with Crippen molar-refractivity contribution in [2.75, 3.05) is 5.32 Å². The number of ether oxygens (including phenoxy) is 1. The van der Waals surface area contributed by atoms with Gasteiger partial charge in [0.2, 0.25) is 11.8 Å². The summed E-state index contributed by atoms with van der Waals surface area (Å²) in [4.78, 5) is 8.79. The van der Waals surface area contributed by atoms with E-state index in [1.807, 2.05) is 13.8 Å². The first kappa shape index (κ1) is 16.1. The van der Waals surface area contributed by atoms with Crippen molar-refractivity contribution in [3.8, 4) is 5.88 Å². The van der Waals surface area contributed by atoms with Crippen molar-refractivity contribution in [3.63, 3.8) is 0 Å². The first-order valence-electron chi connectivity index (χ1n) is 7.91. The van der Waals surface area contributed by atoms with Gasteiger partial charge in [-0.1, -0.05) is 27.7 Å². The average Bonchev–Trinajstić information content (AvgIpc) is 2.23. The van der Waals surface area contributed by atoms with Gasteiger partial charge < -0.3 is 10.1 Å². The summed E-state index contributed by atoms with van der Waals surface area (Å²) in [7, 11) is 0. The number of rotatable bonds is 4. The minimum atomic E-state index is 0.125. The van der Waals surface area contributed by atoms with Gasteiger partial charge in [0.05, 0.1) is 6.10 Å². The molecule has 1 aromatic heterocycles. The fourth-order valence-electron chi connectivity index (χ4n) is 3.85. The summed E-state index contributed by atoms with van der Waals surface area (Å²) >= 11 is 0. The first-order chi connectivity index (χ1) is 9.65. The molecule has 0 bridgehead atoms. The molecule has 1 heterocycles. The fraction of sp³-hybridized carbons (Fsp3) is 0.765. The van der Waals surface area contributed by atoms with Crippen molar-refractivity contribution in [1.82, 2.24) is 9.97 Å². The lowest BCUT2D eigenvalue weighted by molar-refractivity contribution is 0.105. The van der Waals surface area contributed by atoms with Crippen LogP contribution in [0.4, 0.5) is 5.95 Å². The molecule has 0 radical (unpaired) electrons. The van der Waals surface area contributed by atoms with E-state index in [0.29, 0.717) is 28.7 Å². The molecule has 0 amide bonds. The van der Waals surface area contributed by atoms with Crippen LogP contribution in [0.25, 0.3) is 0 Å². The molecule has 0 atom stereocenters. The monoisotopic (exact) mass is 291 g/mol. The molecule has 0 spiro atoms. The van der Waals surface area contributed by atoms with Gasteiger partial charge in [0, 0.05) is 18.3 Å². The second-order valence-electron chi connectivity index (χ2n) is 8.14. The second-order valence-corrected chi connectivity index (χ2v) is 8.14. The van der Waals surface area contributed by atoms with E-state index in [1.54, 1.807) is 12.3 Å². The minimum absolute atomic E-state index is 0.125. The van der Waals surface area contributed by atoms with E-state index in [4.69, 9.17) is 4.74 Å². The number of nitrogens with zero attached hydrogens (tertiary/aromatic N) is 2. The molecule has 0 aliphatic heterocycles. The Morgan fingerprint density at radius 1 is 1.19 bits per heavy atom. The predicted octanol–water partition coefficient (Wildman–Crippen LogP) is 4.28. The van der Waals surface area contributed by atoms with Crippen LogP contribution >= 0.6 is 0 Å². The first-order valence-corrected chi connectivity index (χ1v) is 7.91. The van der Waals surface area contributed by atoms with E-state index in [1.165, 1.54) is 6.42 Å². The van der Waals surface area contributed by atoms with Gasteiger partial charge >= 0.3 is 0 Å². The van der Waals surface area contributed by atoms with Crippen LogP contribution in [0, 0.1) is 10.8 Å². The maximum atomic E-state index is 5.63. The zero-order chi connectivity index (χ0) is 15.7. The molecule has 1 fully saturated rings. The Hall–Kier alpha value is -1.32. The summed E-state index contributed by atoms with van der Waals surface area (Å²) in [6.07, 6.45) is 5.44. The van der Waals surface area contributed by atoms with Crippen LogP contribution in [0.1, 0.15) is 60.8 Å². The molecule has 0 unspecified atom stereocenters. The molecule has 118 valence electrons. The highest BCUT2D eigenvalue weighted by Crippen LogP contribution is 2.46. The van der Waals surface area contributed by atoms with E-state index in [2.05, 4.69) is 43.0 Å². The quantitative estimate of drug-likeness (QED) is 0.899. The summed E-state index contributed by atoms with van der Waals surface area (Å²) in [6, 6.07) is 2.22. The van der Waals surface area contributed by atoms with Crippen molar-refractivity contribution in [1.29, 1.82) is 0 Å². The zero-order valence-corrected chi connectivity index (χ0v) is 14.2. The molecule has 1 aromatic rings. The summed E-state index contributed by atoms with van der Waals surface area (Å²) in [5, 5.41) is 3.50. The highest BCUT2D eigenvalue weighted by Gasteiger charge is 2.38. The molecule has 2 rings (SSSR count). The Kier molecular flexibility index (Phi) is 4.45. The lowest BCUT2D eigenvalue weighted by Crippen LogP contribution is -2.40. The van der Waals surface area contributed by atoms with E-state index in [9.17, 15) is 0 Å². The van der Waals surface area contributed by atoms with Gasteiger partial charge in [0.1, 0.15) is 0 Å². The Balaban J connectivity index is 2.07. The van der Waals surface area contributed by atoms with Gasteiger partial charge in [0.15, 0.2) is 0 Å². The molecule has 4 nitrogen and oxygen atoms in total. The molecule has 21 heavy (non-hydrogen) atoms. The molecular weight excluding hydrogens is 262 g/mol. The number of anilines is 1. The van der Waals surface area contributed by atoms with Gasteiger partial charge in [-0.3, -0.25) is 0 Å². The smallest absolute Gasteiger partial charge is 0.226 e. The van der Waals surface area contributed by atoms with Crippen LogP contribution in [-0.4, -0.2) is 22.1 Å². The molecule has 1 N–H and O–H groups in total. The molecule has 0 saturated heterocycles. The van der Waals surface area contributed by atoms with Crippen LogP contribution in [-0.2, 0) is 0 Å². The molecule has 1 saturated carbocycles. The standard InChI is InChI=1S/C17H29N3O/c1-12(2)21-14-7-8-18-15(20-14)19-13-9-16(3,4)11-17(5,6)10-13/h7-8,12-13H,9-11H2,1-6H3,(H,18,19,20). The van der Waals surface area contributed by atoms with Gasteiger partial charge in [-0.2, -0.15) is 4.98 Å². The summed E-state index contributed by atoms with van der Waals surface area (Å²) < 4.78 is 5.63. The number of nitrogens with one attached hydrogen (secondary N) is 1. The Morgan fingerprint density at radius 3 is 2.38 bits per heavy atom. The van der Waals surface area contributed by atoms with Gasteiger partial charge in [-0.05, 0) is 43.9 Å². The lowest BCUT2D eigenvalue weighted by atomic mass is 9.63. The number of hydrogen-bond acceptors (Lipinski definition) is 4. The topological polar surface area (TPSA) is 47.0 Å². The summed E-state index contributed by atoms with van der Waals surface area (Å²) in [5.41, 5.74) is 0.705. The third-order valence-electron chi connectivity index (χ3n) is 3.87. The highest BCUT2D eigenvalue weighted by molar-refractivity contribution is 5.29. The Labute approximate surface area is 128 Å². The third kappa shape index (κ3) is 4.87. The SMILES string of the molecule is CC(C)Oc1ccnc(NC2CC(C)(C)CC(C)(C)C2)n1. The van der Waals surface area contributed by atoms with Crippen molar-refractivity contribution in [2.45, 2.75) is 73.0 Å². The third-order valence-corrected chi connectivity index (χ3v) is 3.87.